The van der Waals surface area contributed by atoms with Crippen LogP contribution in [0.15, 0.2) is 0 Å². The van der Waals surface area contributed by atoms with Crippen molar-refractivity contribution in [2.45, 2.75) is 65.3 Å². The fourth-order valence-corrected chi connectivity index (χ4v) is 2.93. The highest BCUT2D eigenvalue weighted by atomic mass is 16.5. The first kappa shape index (κ1) is 17.9. The summed E-state index contributed by atoms with van der Waals surface area (Å²) in [5, 5.41) is 3.72. The molecule has 0 saturated carbocycles. The van der Waals surface area contributed by atoms with E-state index in [4.69, 9.17) is 4.74 Å². The lowest BCUT2D eigenvalue weighted by Gasteiger charge is -2.42. The van der Waals surface area contributed by atoms with Crippen molar-refractivity contribution in [2.75, 3.05) is 39.9 Å². The third kappa shape index (κ3) is 7.05. The van der Waals surface area contributed by atoms with Gasteiger partial charge in [0, 0.05) is 31.8 Å². The summed E-state index contributed by atoms with van der Waals surface area (Å²) in [4.78, 5) is 2.53. The molecule has 1 N–H and O–H groups in total. The second kappa shape index (κ2) is 8.35. The Labute approximate surface area is 126 Å². The molecule has 0 unspecified atom stereocenters. The molecule has 1 rings (SSSR count). The van der Waals surface area contributed by atoms with Gasteiger partial charge in [0.05, 0.1) is 0 Å². The average Bonchev–Trinajstić information content (AvgIpc) is 2.37. The van der Waals surface area contributed by atoms with Crippen LogP contribution < -0.4 is 5.32 Å². The van der Waals surface area contributed by atoms with Crippen LogP contribution in [-0.2, 0) is 4.74 Å². The highest BCUT2D eigenvalue weighted by molar-refractivity contribution is 4.89. The number of hydrogen-bond acceptors (Lipinski definition) is 3. The summed E-state index contributed by atoms with van der Waals surface area (Å²) in [6.45, 7) is 14.4. The van der Waals surface area contributed by atoms with Gasteiger partial charge < -0.3 is 15.0 Å². The number of unbranched alkanes of at least 4 members (excludes halogenated alkanes) is 2. The molecule has 0 atom stereocenters. The zero-order valence-corrected chi connectivity index (χ0v) is 14.4. The zero-order valence-electron chi connectivity index (χ0n) is 14.4. The van der Waals surface area contributed by atoms with Gasteiger partial charge in [-0.1, -0.05) is 19.8 Å². The fraction of sp³-hybridized carbons (Fsp3) is 1.00. The Hall–Kier alpha value is -0.120. The molecule has 0 bridgehead atoms. The second-order valence-corrected chi connectivity index (χ2v) is 7.66. The van der Waals surface area contributed by atoms with Crippen LogP contribution in [0.4, 0.5) is 0 Å². The molecule has 1 heterocycles. The molecule has 0 radical (unpaired) electrons. The summed E-state index contributed by atoms with van der Waals surface area (Å²) in [5.74, 6) is 0. The van der Waals surface area contributed by atoms with E-state index in [1.165, 1.54) is 45.2 Å². The third-order valence-electron chi connectivity index (χ3n) is 4.30. The van der Waals surface area contributed by atoms with E-state index in [0.717, 1.165) is 19.8 Å². The van der Waals surface area contributed by atoms with Gasteiger partial charge in [0.25, 0.3) is 0 Å². The van der Waals surface area contributed by atoms with Crippen molar-refractivity contribution in [1.82, 2.24) is 10.2 Å². The van der Waals surface area contributed by atoms with Crippen LogP contribution in [0.1, 0.15) is 59.8 Å². The summed E-state index contributed by atoms with van der Waals surface area (Å²) < 4.78 is 5.59. The maximum absolute atomic E-state index is 5.59. The summed E-state index contributed by atoms with van der Waals surface area (Å²) in [6.07, 6.45) is 6.35. The lowest BCUT2D eigenvalue weighted by atomic mass is 9.79. The van der Waals surface area contributed by atoms with Crippen molar-refractivity contribution in [3.05, 3.63) is 0 Å². The van der Waals surface area contributed by atoms with Crippen molar-refractivity contribution in [2.24, 2.45) is 5.41 Å². The predicted molar refractivity (Wildman–Crippen MR) is 87.3 cm³/mol. The minimum atomic E-state index is 0.200. The van der Waals surface area contributed by atoms with Crippen LogP contribution in [-0.4, -0.2) is 50.3 Å². The number of nitrogens with zero attached hydrogens (tertiary/aromatic N) is 1. The molecule has 0 aromatic carbocycles. The van der Waals surface area contributed by atoms with Crippen molar-refractivity contribution in [3.8, 4) is 0 Å². The molecule has 120 valence electrons. The number of hydrogen-bond donors (Lipinski definition) is 1. The molecule has 1 aliphatic heterocycles. The Bertz CT molecular complexity index is 254. The Morgan fingerprint density at radius 1 is 1.15 bits per heavy atom. The van der Waals surface area contributed by atoms with Gasteiger partial charge >= 0.3 is 0 Å². The van der Waals surface area contributed by atoms with Crippen LogP contribution in [0.3, 0.4) is 0 Å². The normalized spacial score (nSPS) is 19.5. The van der Waals surface area contributed by atoms with Crippen LogP contribution in [0.2, 0.25) is 0 Å². The molecule has 0 aromatic rings. The average molecular weight is 284 g/mol. The molecule has 0 spiro atoms. The van der Waals surface area contributed by atoms with Gasteiger partial charge in [0.15, 0.2) is 0 Å². The molecule has 0 aliphatic carbocycles. The largest absolute Gasteiger partial charge is 0.381 e. The third-order valence-corrected chi connectivity index (χ3v) is 4.30. The first-order valence-corrected chi connectivity index (χ1v) is 8.38. The van der Waals surface area contributed by atoms with Crippen LogP contribution in [0, 0.1) is 5.41 Å². The predicted octanol–water partition coefficient (Wildman–Crippen LogP) is 3.29. The number of rotatable bonds is 8. The zero-order chi connectivity index (χ0) is 15.1. The van der Waals surface area contributed by atoms with Crippen molar-refractivity contribution in [1.29, 1.82) is 0 Å². The quantitative estimate of drug-likeness (QED) is 0.692. The molecule has 1 fully saturated rings. The summed E-state index contributed by atoms with van der Waals surface area (Å²) in [6, 6.07) is 0. The standard InChI is InChI=1S/C17H36N2O/c1-6-7-8-11-19(5)15-17(9-12-20-13-10-17)14-18-16(2,3)4/h18H,6-15H2,1-5H3. The van der Waals surface area contributed by atoms with Gasteiger partial charge in [-0.25, -0.2) is 0 Å². The Balaban J connectivity index is 2.49. The minimum Gasteiger partial charge on any atom is -0.381 e. The molecule has 1 saturated heterocycles. The Morgan fingerprint density at radius 3 is 2.35 bits per heavy atom. The van der Waals surface area contributed by atoms with E-state index in [0.29, 0.717) is 5.41 Å². The highest BCUT2D eigenvalue weighted by Crippen LogP contribution is 2.31. The lowest BCUT2D eigenvalue weighted by Crippen LogP contribution is -2.50. The van der Waals surface area contributed by atoms with Gasteiger partial charge in [-0.15, -0.1) is 0 Å². The van der Waals surface area contributed by atoms with Crippen molar-refractivity contribution >= 4 is 0 Å². The maximum Gasteiger partial charge on any atom is 0.0472 e. The first-order valence-electron chi connectivity index (χ1n) is 8.38. The lowest BCUT2D eigenvalue weighted by molar-refractivity contribution is -0.00348. The first-order chi connectivity index (χ1) is 9.37. The topological polar surface area (TPSA) is 24.5 Å². The summed E-state index contributed by atoms with van der Waals surface area (Å²) >= 11 is 0. The van der Waals surface area contributed by atoms with Crippen LogP contribution in [0.5, 0.6) is 0 Å². The highest BCUT2D eigenvalue weighted by Gasteiger charge is 2.34. The van der Waals surface area contributed by atoms with Gasteiger partial charge in [-0.2, -0.15) is 0 Å². The van der Waals surface area contributed by atoms with Crippen LogP contribution >= 0.6 is 0 Å². The van der Waals surface area contributed by atoms with Crippen molar-refractivity contribution < 1.29 is 4.74 Å². The smallest absolute Gasteiger partial charge is 0.0472 e. The molecular weight excluding hydrogens is 248 g/mol. The molecule has 3 nitrogen and oxygen atoms in total. The van der Waals surface area contributed by atoms with E-state index >= 15 is 0 Å². The summed E-state index contributed by atoms with van der Waals surface area (Å²) in [7, 11) is 2.28. The summed E-state index contributed by atoms with van der Waals surface area (Å²) in [5.41, 5.74) is 0.596. The van der Waals surface area contributed by atoms with E-state index in [9.17, 15) is 0 Å². The van der Waals surface area contributed by atoms with E-state index in [-0.39, 0.29) is 5.54 Å². The molecule has 0 amide bonds. The van der Waals surface area contributed by atoms with Gasteiger partial charge in [0.2, 0.25) is 0 Å². The maximum atomic E-state index is 5.59. The van der Waals surface area contributed by atoms with Crippen LogP contribution in [0.25, 0.3) is 0 Å². The monoisotopic (exact) mass is 284 g/mol. The molecule has 1 aliphatic rings. The van der Waals surface area contributed by atoms with Crippen molar-refractivity contribution in [3.63, 3.8) is 0 Å². The molecule has 3 heteroatoms. The SMILES string of the molecule is CCCCCN(C)CC1(CNC(C)(C)C)CCOCC1. The van der Waals surface area contributed by atoms with Gasteiger partial charge in [-0.05, 0) is 59.0 Å². The van der Waals surface area contributed by atoms with E-state index in [1.54, 1.807) is 0 Å². The van der Waals surface area contributed by atoms with E-state index in [1.807, 2.05) is 0 Å². The number of ether oxygens (including phenoxy) is 1. The molecular formula is C17H36N2O. The fourth-order valence-electron chi connectivity index (χ4n) is 2.93. The molecule has 20 heavy (non-hydrogen) atoms. The Morgan fingerprint density at radius 2 is 1.80 bits per heavy atom. The van der Waals surface area contributed by atoms with Gasteiger partial charge in [-0.3, -0.25) is 0 Å². The second-order valence-electron chi connectivity index (χ2n) is 7.66. The van der Waals surface area contributed by atoms with E-state index < -0.39 is 0 Å². The minimum absolute atomic E-state index is 0.200. The number of nitrogens with one attached hydrogen (secondary N) is 1. The van der Waals surface area contributed by atoms with Gasteiger partial charge in [0.1, 0.15) is 0 Å². The Kier molecular flexibility index (Phi) is 7.49. The van der Waals surface area contributed by atoms with E-state index in [2.05, 4.69) is 45.0 Å². The molecule has 0 aromatic heterocycles.